The Hall–Kier alpha value is -3.99. The summed E-state index contributed by atoms with van der Waals surface area (Å²) in [6.45, 7) is -0.736. The molecule has 2 aromatic carbocycles. The van der Waals surface area contributed by atoms with Crippen molar-refractivity contribution < 1.29 is 23.9 Å². The standard InChI is InChI=1S/C19H15N3O8/c23-16(7-21-19(25)15-4-2-1-3-14(15)18(24)20-21)29-9-12-6-13(22(26)27)5-11-8-28-10-30-17(11)12/h1-6H,7-10H2,(H,20,24). The topological polar surface area (TPSA) is 143 Å². The molecule has 0 aliphatic carbocycles. The molecule has 1 N–H and O–H groups in total. The Kier molecular flexibility index (Phi) is 5.02. The monoisotopic (exact) mass is 413 g/mol. The van der Waals surface area contributed by atoms with Crippen LogP contribution in [0.1, 0.15) is 11.1 Å². The van der Waals surface area contributed by atoms with Gasteiger partial charge < -0.3 is 14.2 Å². The molecule has 154 valence electrons. The van der Waals surface area contributed by atoms with E-state index in [4.69, 9.17) is 14.2 Å². The van der Waals surface area contributed by atoms with E-state index < -0.39 is 28.6 Å². The summed E-state index contributed by atoms with van der Waals surface area (Å²) < 4.78 is 16.5. The number of carbonyl (C=O) groups is 1. The summed E-state index contributed by atoms with van der Waals surface area (Å²) in [5.41, 5.74) is -0.481. The second kappa shape index (κ2) is 7.79. The molecule has 2 heterocycles. The van der Waals surface area contributed by atoms with Gasteiger partial charge in [0.1, 0.15) is 18.9 Å². The summed E-state index contributed by atoms with van der Waals surface area (Å²) in [5.74, 6) is -0.453. The molecule has 0 saturated carbocycles. The van der Waals surface area contributed by atoms with E-state index in [0.29, 0.717) is 16.9 Å². The van der Waals surface area contributed by atoms with Crippen molar-refractivity contribution in [2.45, 2.75) is 19.8 Å². The number of benzene rings is 2. The highest BCUT2D eigenvalue weighted by Gasteiger charge is 2.22. The van der Waals surface area contributed by atoms with Crippen molar-refractivity contribution >= 4 is 22.4 Å². The molecule has 11 heteroatoms. The minimum Gasteiger partial charge on any atom is -0.467 e. The zero-order valence-electron chi connectivity index (χ0n) is 15.5. The van der Waals surface area contributed by atoms with Crippen molar-refractivity contribution in [2.24, 2.45) is 0 Å². The molecule has 0 atom stereocenters. The summed E-state index contributed by atoms with van der Waals surface area (Å²) >= 11 is 0. The summed E-state index contributed by atoms with van der Waals surface area (Å²) in [4.78, 5) is 47.4. The molecule has 30 heavy (non-hydrogen) atoms. The van der Waals surface area contributed by atoms with Crippen LogP contribution in [0.3, 0.4) is 0 Å². The predicted molar refractivity (Wildman–Crippen MR) is 102 cm³/mol. The van der Waals surface area contributed by atoms with Crippen molar-refractivity contribution in [3.05, 3.63) is 78.3 Å². The Morgan fingerprint density at radius 3 is 2.77 bits per heavy atom. The molecule has 0 bridgehead atoms. The number of esters is 1. The molecule has 0 fully saturated rings. The van der Waals surface area contributed by atoms with Gasteiger partial charge in [-0.15, -0.1) is 0 Å². The van der Waals surface area contributed by atoms with E-state index in [1.165, 1.54) is 24.3 Å². The SMILES string of the molecule is O=C(Cn1[nH]c(=O)c2ccccc2c1=O)OCc1cc([N+](=O)[O-])cc2c1OCOC2. The molecule has 0 amide bonds. The molecule has 1 aliphatic heterocycles. The summed E-state index contributed by atoms with van der Waals surface area (Å²) in [6.07, 6.45) is 0. The van der Waals surface area contributed by atoms with E-state index >= 15 is 0 Å². The number of aromatic nitrogens is 2. The first-order chi connectivity index (χ1) is 14.4. The van der Waals surface area contributed by atoms with E-state index in [1.807, 2.05) is 0 Å². The average molecular weight is 413 g/mol. The van der Waals surface area contributed by atoms with Crippen LogP contribution < -0.4 is 15.9 Å². The van der Waals surface area contributed by atoms with E-state index in [9.17, 15) is 24.5 Å². The maximum absolute atomic E-state index is 12.5. The summed E-state index contributed by atoms with van der Waals surface area (Å²) in [7, 11) is 0. The summed E-state index contributed by atoms with van der Waals surface area (Å²) in [5, 5.41) is 13.9. The highest BCUT2D eigenvalue weighted by atomic mass is 16.7. The fraction of sp³-hybridized carbons (Fsp3) is 0.211. The zero-order valence-corrected chi connectivity index (χ0v) is 15.5. The number of nitro groups is 1. The fourth-order valence-corrected chi connectivity index (χ4v) is 3.18. The van der Waals surface area contributed by atoms with Gasteiger partial charge in [-0.2, -0.15) is 0 Å². The van der Waals surface area contributed by atoms with E-state index in [2.05, 4.69) is 5.10 Å². The summed E-state index contributed by atoms with van der Waals surface area (Å²) in [6, 6.07) is 8.82. The van der Waals surface area contributed by atoms with E-state index in [1.54, 1.807) is 12.1 Å². The van der Waals surface area contributed by atoms with Gasteiger partial charge in [0, 0.05) is 23.3 Å². The number of H-pyrrole nitrogens is 1. The van der Waals surface area contributed by atoms with Gasteiger partial charge >= 0.3 is 5.97 Å². The number of hydrogen-bond donors (Lipinski definition) is 1. The lowest BCUT2D eigenvalue weighted by molar-refractivity contribution is -0.385. The Labute approximate surface area is 167 Å². The molecule has 0 radical (unpaired) electrons. The van der Waals surface area contributed by atoms with Gasteiger partial charge in [-0.25, -0.2) is 4.68 Å². The van der Waals surface area contributed by atoms with Crippen LogP contribution in [-0.2, 0) is 34.0 Å². The van der Waals surface area contributed by atoms with Crippen LogP contribution in [0.25, 0.3) is 10.8 Å². The number of carbonyl (C=O) groups excluding carboxylic acids is 1. The van der Waals surface area contributed by atoms with Crippen LogP contribution in [-0.4, -0.2) is 27.5 Å². The largest absolute Gasteiger partial charge is 0.467 e. The third-order valence-corrected chi connectivity index (χ3v) is 4.54. The van der Waals surface area contributed by atoms with Crippen LogP contribution in [0, 0.1) is 10.1 Å². The number of fused-ring (bicyclic) bond motifs is 2. The average Bonchev–Trinajstić information content (AvgIpc) is 2.75. The first-order valence-corrected chi connectivity index (χ1v) is 8.82. The third-order valence-electron chi connectivity index (χ3n) is 4.54. The van der Waals surface area contributed by atoms with Gasteiger partial charge in [0.2, 0.25) is 0 Å². The number of nitrogens with one attached hydrogen (secondary N) is 1. The molecule has 1 aliphatic rings. The molecule has 0 spiro atoms. The van der Waals surface area contributed by atoms with Crippen LogP contribution in [0.4, 0.5) is 5.69 Å². The highest BCUT2D eigenvalue weighted by Crippen LogP contribution is 2.33. The van der Waals surface area contributed by atoms with Gasteiger partial charge in [0.15, 0.2) is 6.79 Å². The predicted octanol–water partition coefficient (Wildman–Crippen LogP) is 1.21. The molecular formula is C19H15N3O8. The molecular weight excluding hydrogens is 398 g/mol. The minimum absolute atomic E-state index is 0.0283. The maximum Gasteiger partial charge on any atom is 0.328 e. The number of hydrogen-bond acceptors (Lipinski definition) is 8. The van der Waals surface area contributed by atoms with Crippen molar-refractivity contribution in [1.29, 1.82) is 0 Å². The third kappa shape index (κ3) is 3.65. The second-order valence-electron chi connectivity index (χ2n) is 6.50. The van der Waals surface area contributed by atoms with Gasteiger partial charge in [0.25, 0.3) is 16.8 Å². The number of rotatable bonds is 5. The van der Waals surface area contributed by atoms with Gasteiger partial charge in [-0.1, -0.05) is 12.1 Å². The van der Waals surface area contributed by atoms with Crippen molar-refractivity contribution in [3.8, 4) is 5.75 Å². The first-order valence-electron chi connectivity index (χ1n) is 8.82. The van der Waals surface area contributed by atoms with E-state index in [-0.39, 0.29) is 36.5 Å². The van der Waals surface area contributed by atoms with Crippen molar-refractivity contribution in [2.75, 3.05) is 6.79 Å². The van der Waals surface area contributed by atoms with Crippen LogP contribution in [0.2, 0.25) is 0 Å². The van der Waals surface area contributed by atoms with Crippen molar-refractivity contribution in [1.82, 2.24) is 9.78 Å². The van der Waals surface area contributed by atoms with Crippen LogP contribution >= 0.6 is 0 Å². The van der Waals surface area contributed by atoms with Gasteiger partial charge in [0.05, 0.1) is 22.3 Å². The highest BCUT2D eigenvalue weighted by molar-refractivity contribution is 5.80. The number of nitro benzene ring substituents is 1. The van der Waals surface area contributed by atoms with Crippen LogP contribution in [0.15, 0.2) is 46.0 Å². The molecule has 11 nitrogen and oxygen atoms in total. The Balaban J connectivity index is 1.55. The van der Waals surface area contributed by atoms with Gasteiger partial charge in [-0.3, -0.25) is 29.6 Å². The maximum atomic E-state index is 12.5. The fourth-order valence-electron chi connectivity index (χ4n) is 3.18. The molecule has 1 aromatic heterocycles. The lowest BCUT2D eigenvalue weighted by atomic mass is 10.1. The van der Waals surface area contributed by atoms with Crippen molar-refractivity contribution in [3.63, 3.8) is 0 Å². The normalized spacial score (nSPS) is 12.8. The molecule has 3 aromatic rings. The lowest BCUT2D eigenvalue weighted by Crippen LogP contribution is -2.32. The quantitative estimate of drug-likeness (QED) is 0.373. The number of ether oxygens (including phenoxy) is 3. The minimum atomic E-state index is -0.810. The number of nitrogens with zero attached hydrogens (tertiary/aromatic N) is 2. The second-order valence-corrected chi connectivity index (χ2v) is 6.50. The Morgan fingerprint density at radius 2 is 2.00 bits per heavy atom. The first kappa shape index (κ1) is 19.3. The smallest absolute Gasteiger partial charge is 0.328 e. The lowest BCUT2D eigenvalue weighted by Gasteiger charge is -2.20. The van der Waals surface area contributed by atoms with Gasteiger partial charge in [-0.05, 0) is 12.1 Å². The Morgan fingerprint density at radius 1 is 1.23 bits per heavy atom. The van der Waals surface area contributed by atoms with Crippen LogP contribution in [0.5, 0.6) is 5.75 Å². The molecule has 0 unspecified atom stereocenters. The molecule has 4 rings (SSSR count). The number of non-ortho nitro benzene ring substituents is 1. The molecule has 0 saturated heterocycles. The van der Waals surface area contributed by atoms with E-state index in [0.717, 1.165) is 4.68 Å². The zero-order chi connectivity index (χ0) is 21.3. The Bertz CT molecular complexity index is 1280. The number of aromatic amines is 1.